The molecule has 0 saturated carbocycles. The zero-order chi connectivity index (χ0) is 23.0. The third kappa shape index (κ3) is 9.51. The minimum Gasteiger partial charge on any atom is -0.285 e. The highest BCUT2D eigenvalue weighted by Crippen LogP contribution is 2.15. The van der Waals surface area contributed by atoms with Gasteiger partial charge in [-0.25, -0.2) is 0 Å². The van der Waals surface area contributed by atoms with Crippen molar-refractivity contribution in [2.75, 3.05) is 0 Å². The summed E-state index contributed by atoms with van der Waals surface area (Å²) in [6.45, 7) is 4.47. The molecule has 0 saturated heterocycles. The Hall–Kier alpha value is -2.22. The Morgan fingerprint density at radius 3 is 1.12 bits per heavy atom. The minimum absolute atomic E-state index is 0.417. The van der Waals surface area contributed by atoms with E-state index in [2.05, 4.69) is 13.8 Å². The molecular formula is C30H42O2. The van der Waals surface area contributed by atoms with Crippen LogP contribution < -0.4 is 0 Å². The minimum atomic E-state index is -0.417. The first-order valence-electron chi connectivity index (χ1n) is 12.9. The standard InChI is InChI=1S/C30H42O2/c1-3-5-7-9-11-13-15-25-17-21-27(22-18-25)29(31)30(32)28-23-19-26(20-24-28)16-14-12-10-8-6-4-2/h17-24H,3-16H2,1-2H3. The molecule has 0 radical (unpaired) electrons. The molecule has 0 atom stereocenters. The van der Waals surface area contributed by atoms with Crippen LogP contribution in [0.5, 0.6) is 0 Å². The van der Waals surface area contributed by atoms with Crippen LogP contribution in [0.4, 0.5) is 0 Å². The molecule has 2 nitrogen and oxygen atoms in total. The third-order valence-corrected chi connectivity index (χ3v) is 6.28. The maximum Gasteiger partial charge on any atom is 0.233 e. The van der Waals surface area contributed by atoms with Gasteiger partial charge in [-0.15, -0.1) is 0 Å². The second kappa shape index (κ2) is 15.6. The van der Waals surface area contributed by atoms with Crippen LogP contribution in [0, 0.1) is 0 Å². The normalized spacial score (nSPS) is 10.9. The van der Waals surface area contributed by atoms with E-state index in [9.17, 15) is 9.59 Å². The molecule has 0 heterocycles. The van der Waals surface area contributed by atoms with E-state index in [0.717, 1.165) is 12.8 Å². The number of hydrogen-bond acceptors (Lipinski definition) is 2. The van der Waals surface area contributed by atoms with Crippen molar-refractivity contribution < 1.29 is 9.59 Å². The van der Waals surface area contributed by atoms with Crippen molar-refractivity contribution in [3.63, 3.8) is 0 Å². The first-order valence-corrected chi connectivity index (χ1v) is 12.9. The van der Waals surface area contributed by atoms with Crippen molar-refractivity contribution in [1.82, 2.24) is 0 Å². The highest BCUT2D eigenvalue weighted by molar-refractivity contribution is 6.49. The Morgan fingerprint density at radius 2 is 0.781 bits per heavy atom. The number of unbranched alkanes of at least 4 members (excludes halogenated alkanes) is 10. The smallest absolute Gasteiger partial charge is 0.233 e. The van der Waals surface area contributed by atoms with Gasteiger partial charge in [-0.05, 0) is 36.8 Å². The molecule has 2 heteroatoms. The van der Waals surface area contributed by atoms with Crippen LogP contribution >= 0.6 is 0 Å². The van der Waals surface area contributed by atoms with Crippen LogP contribution in [0.3, 0.4) is 0 Å². The van der Waals surface area contributed by atoms with Gasteiger partial charge in [-0.1, -0.05) is 127 Å². The second-order valence-corrected chi connectivity index (χ2v) is 9.09. The van der Waals surface area contributed by atoms with Gasteiger partial charge in [-0.3, -0.25) is 9.59 Å². The zero-order valence-electron chi connectivity index (χ0n) is 20.3. The van der Waals surface area contributed by atoms with Gasteiger partial charge in [0.05, 0.1) is 0 Å². The summed E-state index contributed by atoms with van der Waals surface area (Å²) in [4.78, 5) is 25.3. The summed E-state index contributed by atoms with van der Waals surface area (Å²) in [7, 11) is 0. The van der Waals surface area contributed by atoms with Crippen LogP contribution in [0.25, 0.3) is 0 Å². The van der Waals surface area contributed by atoms with Crippen LogP contribution in [0.1, 0.15) is 123 Å². The maximum absolute atomic E-state index is 12.6. The number of aryl methyl sites for hydroxylation is 2. The lowest BCUT2D eigenvalue weighted by molar-refractivity contribution is 0.0817. The molecule has 2 aromatic carbocycles. The average Bonchev–Trinajstić information content (AvgIpc) is 2.83. The molecule has 2 rings (SSSR count). The Kier molecular flexibility index (Phi) is 12.7. The molecule has 0 aliphatic heterocycles. The average molecular weight is 435 g/mol. The van der Waals surface area contributed by atoms with Gasteiger partial charge in [0, 0.05) is 11.1 Å². The number of carbonyl (C=O) groups is 2. The zero-order valence-corrected chi connectivity index (χ0v) is 20.3. The largest absolute Gasteiger partial charge is 0.285 e. The van der Waals surface area contributed by atoms with E-state index in [-0.39, 0.29) is 0 Å². The van der Waals surface area contributed by atoms with Gasteiger partial charge in [0.1, 0.15) is 0 Å². The Bertz CT molecular complexity index is 717. The van der Waals surface area contributed by atoms with E-state index in [1.807, 2.05) is 24.3 Å². The number of hydrogen-bond donors (Lipinski definition) is 0. The van der Waals surface area contributed by atoms with Crippen molar-refractivity contribution in [2.45, 2.75) is 104 Å². The fourth-order valence-corrected chi connectivity index (χ4v) is 4.13. The van der Waals surface area contributed by atoms with E-state index < -0.39 is 11.6 Å². The summed E-state index contributed by atoms with van der Waals surface area (Å²) in [6, 6.07) is 15.2. The molecule has 0 bridgehead atoms. The Labute approximate surface area is 195 Å². The summed E-state index contributed by atoms with van der Waals surface area (Å²) in [5, 5.41) is 0. The summed E-state index contributed by atoms with van der Waals surface area (Å²) in [5.74, 6) is -0.834. The van der Waals surface area contributed by atoms with E-state index in [1.165, 1.54) is 88.2 Å². The van der Waals surface area contributed by atoms with Crippen LogP contribution in [0.15, 0.2) is 48.5 Å². The van der Waals surface area contributed by atoms with Crippen molar-refractivity contribution in [2.24, 2.45) is 0 Å². The highest BCUT2D eigenvalue weighted by Gasteiger charge is 2.18. The highest BCUT2D eigenvalue weighted by atomic mass is 16.2. The third-order valence-electron chi connectivity index (χ3n) is 6.28. The molecule has 0 aliphatic carbocycles. The van der Waals surface area contributed by atoms with Crippen molar-refractivity contribution in [3.8, 4) is 0 Å². The molecule has 0 fully saturated rings. The first kappa shape index (κ1) is 26.0. The summed E-state index contributed by atoms with van der Waals surface area (Å²) in [5.41, 5.74) is 3.45. The van der Waals surface area contributed by atoms with E-state index >= 15 is 0 Å². The van der Waals surface area contributed by atoms with Crippen LogP contribution in [-0.2, 0) is 12.8 Å². The quantitative estimate of drug-likeness (QED) is 0.142. The number of benzene rings is 2. The predicted octanol–water partition coefficient (Wildman–Crippen LogP) is 8.56. The lowest BCUT2D eigenvalue weighted by atomic mass is 9.97. The van der Waals surface area contributed by atoms with Gasteiger partial charge >= 0.3 is 0 Å². The molecule has 0 N–H and O–H groups in total. The van der Waals surface area contributed by atoms with Crippen molar-refractivity contribution in [3.05, 3.63) is 70.8 Å². The molecule has 2 aromatic rings. The fourth-order valence-electron chi connectivity index (χ4n) is 4.13. The topological polar surface area (TPSA) is 34.1 Å². The molecule has 174 valence electrons. The number of carbonyl (C=O) groups excluding carboxylic acids is 2. The molecule has 0 amide bonds. The molecule has 0 unspecified atom stereocenters. The molecule has 0 aromatic heterocycles. The first-order chi connectivity index (χ1) is 15.7. The van der Waals surface area contributed by atoms with Gasteiger partial charge in [0.25, 0.3) is 0 Å². The molecule has 0 aliphatic rings. The van der Waals surface area contributed by atoms with Gasteiger partial charge in [0.15, 0.2) is 0 Å². The maximum atomic E-state index is 12.6. The second-order valence-electron chi connectivity index (χ2n) is 9.09. The monoisotopic (exact) mass is 434 g/mol. The lowest BCUT2D eigenvalue weighted by Crippen LogP contribution is -2.14. The molecular weight excluding hydrogens is 392 g/mol. The van der Waals surface area contributed by atoms with E-state index in [1.54, 1.807) is 24.3 Å². The van der Waals surface area contributed by atoms with Gasteiger partial charge in [0.2, 0.25) is 11.6 Å². The van der Waals surface area contributed by atoms with E-state index in [0.29, 0.717) is 11.1 Å². The van der Waals surface area contributed by atoms with E-state index in [4.69, 9.17) is 0 Å². The Morgan fingerprint density at radius 1 is 0.469 bits per heavy atom. The van der Waals surface area contributed by atoms with Crippen molar-refractivity contribution >= 4 is 11.6 Å². The summed E-state index contributed by atoms with van der Waals surface area (Å²) < 4.78 is 0. The lowest BCUT2D eigenvalue weighted by Gasteiger charge is -2.06. The summed E-state index contributed by atoms with van der Waals surface area (Å²) >= 11 is 0. The number of Topliss-reactive ketones (excluding diaryl/α,β-unsaturated/α-hetero) is 2. The Balaban J connectivity index is 1.78. The predicted molar refractivity (Wildman–Crippen MR) is 136 cm³/mol. The van der Waals surface area contributed by atoms with Crippen LogP contribution in [-0.4, -0.2) is 11.6 Å². The molecule has 32 heavy (non-hydrogen) atoms. The summed E-state index contributed by atoms with van der Waals surface area (Å²) in [6.07, 6.45) is 17.4. The van der Waals surface area contributed by atoms with Crippen molar-refractivity contribution in [1.29, 1.82) is 0 Å². The SMILES string of the molecule is CCCCCCCCc1ccc(C(=O)C(=O)c2ccc(CCCCCCCC)cc2)cc1. The number of ketones is 2. The van der Waals surface area contributed by atoms with Gasteiger partial charge in [-0.2, -0.15) is 0 Å². The van der Waals surface area contributed by atoms with Gasteiger partial charge < -0.3 is 0 Å². The van der Waals surface area contributed by atoms with Crippen LogP contribution in [0.2, 0.25) is 0 Å². The molecule has 0 spiro atoms. The number of rotatable bonds is 17. The fraction of sp³-hybridized carbons (Fsp3) is 0.533.